The molecule has 3 heteroatoms. The molecule has 0 saturated carbocycles. The van der Waals surface area contributed by atoms with E-state index in [0.29, 0.717) is 6.54 Å². The third kappa shape index (κ3) is 2.71. The molecule has 0 radical (unpaired) electrons. The fraction of sp³-hybridized carbons (Fsp3) is 0.160. The molecule has 0 unspecified atom stereocenters. The summed E-state index contributed by atoms with van der Waals surface area (Å²) in [6, 6.07) is 26.5. The quantitative estimate of drug-likeness (QED) is 0.516. The summed E-state index contributed by atoms with van der Waals surface area (Å²) in [6.07, 6.45) is 0.861. The number of aromatic amines is 1. The fourth-order valence-electron chi connectivity index (χ4n) is 4.30. The van der Waals surface area contributed by atoms with Crippen LogP contribution in [0, 0.1) is 6.92 Å². The van der Waals surface area contributed by atoms with Gasteiger partial charge in [0.2, 0.25) is 0 Å². The number of benzene rings is 3. The Morgan fingerprint density at radius 3 is 2.43 bits per heavy atom. The number of aryl methyl sites for hydroxylation is 1. The smallest absolute Gasteiger partial charge is 0.254 e. The first kappa shape index (κ1) is 16.8. The molecule has 138 valence electrons. The zero-order valence-corrected chi connectivity index (χ0v) is 15.9. The van der Waals surface area contributed by atoms with E-state index in [1.54, 1.807) is 0 Å². The first-order valence-corrected chi connectivity index (χ1v) is 9.74. The topological polar surface area (TPSA) is 36.1 Å². The first-order chi connectivity index (χ1) is 13.7. The van der Waals surface area contributed by atoms with Crippen molar-refractivity contribution in [1.29, 1.82) is 0 Å². The molecule has 1 atom stereocenters. The second-order valence-corrected chi connectivity index (χ2v) is 7.49. The molecule has 0 aliphatic carbocycles. The standard InChI is InChI=1S/C25H22N2O/c1-17-11-13-19(14-12-17)25(28)27-16-15-21-20-9-5-6-10-22(20)26-23(21)24(27)18-7-3-2-4-8-18/h2-14,24,26H,15-16H2,1H3/t24-/m1/s1. The summed E-state index contributed by atoms with van der Waals surface area (Å²) in [6.45, 7) is 2.75. The van der Waals surface area contributed by atoms with Crippen molar-refractivity contribution in [2.24, 2.45) is 0 Å². The number of amides is 1. The van der Waals surface area contributed by atoms with Crippen molar-refractivity contribution in [3.63, 3.8) is 0 Å². The van der Waals surface area contributed by atoms with E-state index in [2.05, 4.69) is 41.4 Å². The van der Waals surface area contributed by atoms with Crippen molar-refractivity contribution in [3.05, 3.63) is 107 Å². The van der Waals surface area contributed by atoms with E-state index >= 15 is 0 Å². The van der Waals surface area contributed by atoms with Gasteiger partial charge in [-0.1, -0.05) is 66.2 Å². The average molecular weight is 366 g/mol. The summed E-state index contributed by atoms with van der Waals surface area (Å²) in [5.74, 6) is 0.0816. The summed E-state index contributed by atoms with van der Waals surface area (Å²) in [4.78, 5) is 19.1. The van der Waals surface area contributed by atoms with Crippen LogP contribution in [0.1, 0.15) is 38.8 Å². The lowest BCUT2D eigenvalue weighted by atomic mass is 9.91. The zero-order valence-electron chi connectivity index (χ0n) is 15.9. The van der Waals surface area contributed by atoms with Crippen LogP contribution >= 0.6 is 0 Å². The number of nitrogens with zero attached hydrogens (tertiary/aromatic N) is 1. The highest BCUT2D eigenvalue weighted by Crippen LogP contribution is 2.38. The summed E-state index contributed by atoms with van der Waals surface area (Å²) in [5.41, 5.74) is 6.64. The second-order valence-electron chi connectivity index (χ2n) is 7.49. The molecule has 1 aromatic heterocycles. The van der Waals surface area contributed by atoms with Crippen molar-refractivity contribution < 1.29 is 4.79 Å². The SMILES string of the molecule is Cc1ccc(C(=O)N2CCc3c([nH]c4ccccc34)[C@H]2c2ccccc2)cc1. The molecular weight excluding hydrogens is 344 g/mol. The van der Waals surface area contributed by atoms with E-state index in [4.69, 9.17) is 0 Å². The van der Waals surface area contributed by atoms with Crippen LogP contribution in [0.2, 0.25) is 0 Å². The second kappa shape index (κ2) is 6.68. The van der Waals surface area contributed by atoms with Gasteiger partial charge in [-0.25, -0.2) is 0 Å². The van der Waals surface area contributed by atoms with E-state index in [-0.39, 0.29) is 11.9 Å². The van der Waals surface area contributed by atoms with Crippen LogP contribution in [0.25, 0.3) is 10.9 Å². The van der Waals surface area contributed by atoms with Crippen LogP contribution < -0.4 is 0 Å². The molecule has 0 bridgehead atoms. The number of hydrogen-bond acceptors (Lipinski definition) is 1. The summed E-state index contributed by atoms with van der Waals surface area (Å²) in [7, 11) is 0. The Morgan fingerprint density at radius 1 is 0.929 bits per heavy atom. The van der Waals surface area contributed by atoms with Crippen LogP contribution in [0.15, 0.2) is 78.9 Å². The molecule has 3 nitrogen and oxygen atoms in total. The van der Waals surface area contributed by atoms with Crippen LogP contribution in [0.4, 0.5) is 0 Å². The Labute approximate surface area is 164 Å². The van der Waals surface area contributed by atoms with Crippen molar-refractivity contribution in [2.75, 3.05) is 6.54 Å². The number of hydrogen-bond donors (Lipinski definition) is 1. The molecule has 5 rings (SSSR count). The van der Waals surface area contributed by atoms with Gasteiger partial charge in [0, 0.05) is 28.7 Å². The fourth-order valence-corrected chi connectivity index (χ4v) is 4.30. The van der Waals surface area contributed by atoms with Gasteiger partial charge < -0.3 is 9.88 Å². The van der Waals surface area contributed by atoms with Crippen molar-refractivity contribution in [1.82, 2.24) is 9.88 Å². The van der Waals surface area contributed by atoms with Gasteiger partial charge in [-0.05, 0) is 42.7 Å². The predicted octanol–water partition coefficient (Wildman–Crippen LogP) is 5.26. The molecule has 1 amide bonds. The maximum absolute atomic E-state index is 13.4. The molecule has 0 saturated heterocycles. The Hall–Kier alpha value is -3.33. The largest absolute Gasteiger partial charge is 0.356 e. The molecule has 1 aliphatic rings. The molecular formula is C25H22N2O. The molecule has 1 N–H and O–H groups in total. The van der Waals surface area contributed by atoms with Gasteiger partial charge in [0.25, 0.3) is 5.91 Å². The minimum atomic E-state index is -0.105. The van der Waals surface area contributed by atoms with E-state index in [1.165, 1.54) is 10.9 Å². The minimum Gasteiger partial charge on any atom is -0.356 e. The van der Waals surface area contributed by atoms with Gasteiger partial charge in [-0.3, -0.25) is 4.79 Å². The maximum atomic E-state index is 13.4. The van der Waals surface area contributed by atoms with Gasteiger partial charge in [0.15, 0.2) is 0 Å². The van der Waals surface area contributed by atoms with Crippen molar-refractivity contribution >= 4 is 16.8 Å². The Morgan fingerprint density at radius 2 is 1.64 bits per heavy atom. The van der Waals surface area contributed by atoms with Crippen LogP contribution in [0.5, 0.6) is 0 Å². The van der Waals surface area contributed by atoms with Gasteiger partial charge in [0.05, 0.1) is 6.04 Å². The van der Waals surface area contributed by atoms with Crippen LogP contribution in [-0.2, 0) is 6.42 Å². The molecule has 0 fully saturated rings. The lowest BCUT2D eigenvalue weighted by molar-refractivity contribution is 0.0692. The lowest BCUT2D eigenvalue weighted by Gasteiger charge is -2.36. The highest BCUT2D eigenvalue weighted by atomic mass is 16.2. The van der Waals surface area contributed by atoms with Gasteiger partial charge in [-0.2, -0.15) is 0 Å². The Balaban J connectivity index is 1.65. The first-order valence-electron chi connectivity index (χ1n) is 9.74. The Bertz CT molecular complexity index is 1140. The molecule has 3 aromatic carbocycles. The molecule has 1 aliphatic heterocycles. The highest BCUT2D eigenvalue weighted by molar-refractivity contribution is 5.95. The van der Waals surface area contributed by atoms with E-state index < -0.39 is 0 Å². The predicted molar refractivity (Wildman–Crippen MR) is 113 cm³/mol. The average Bonchev–Trinajstić information content (AvgIpc) is 3.12. The van der Waals surface area contributed by atoms with E-state index in [1.807, 2.05) is 54.3 Å². The Kier molecular flexibility index (Phi) is 4.01. The molecule has 4 aromatic rings. The molecule has 0 spiro atoms. The summed E-state index contributed by atoms with van der Waals surface area (Å²) in [5, 5.41) is 1.26. The van der Waals surface area contributed by atoms with E-state index in [9.17, 15) is 4.79 Å². The van der Waals surface area contributed by atoms with Gasteiger partial charge in [-0.15, -0.1) is 0 Å². The number of carbonyl (C=O) groups excluding carboxylic acids is 1. The molecule has 28 heavy (non-hydrogen) atoms. The zero-order chi connectivity index (χ0) is 19.1. The van der Waals surface area contributed by atoms with Crippen molar-refractivity contribution in [3.8, 4) is 0 Å². The number of fused-ring (bicyclic) bond motifs is 3. The van der Waals surface area contributed by atoms with Crippen LogP contribution in [0.3, 0.4) is 0 Å². The lowest BCUT2D eigenvalue weighted by Crippen LogP contribution is -2.40. The van der Waals surface area contributed by atoms with Gasteiger partial charge >= 0.3 is 0 Å². The summed E-state index contributed by atoms with van der Waals surface area (Å²) >= 11 is 0. The number of H-pyrrole nitrogens is 1. The number of nitrogens with one attached hydrogen (secondary N) is 1. The summed E-state index contributed by atoms with van der Waals surface area (Å²) < 4.78 is 0. The maximum Gasteiger partial charge on any atom is 0.254 e. The number of aromatic nitrogens is 1. The number of carbonyl (C=O) groups is 1. The number of rotatable bonds is 2. The van der Waals surface area contributed by atoms with Crippen LogP contribution in [-0.4, -0.2) is 22.3 Å². The third-order valence-electron chi connectivity index (χ3n) is 5.71. The van der Waals surface area contributed by atoms with Gasteiger partial charge in [0.1, 0.15) is 0 Å². The third-order valence-corrected chi connectivity index (χ3v) is 5.71. The van der Waals surface area contributed by atoms with Crippen molar-refractivity contribution in [2.45, 2.75) is 19.4 Å². The van der Waals surface area contributed by atoms with E-state index in [0.717, 1.165) is 34.3 Å². The molecule has 2 heterocycles. The highest BCUT2D eigenvalue weighted by Gasteiger charge is 2.34. The monoisotopic (exact) mass is 366 g/mol. The number of para-hydroxylation sites is 1. The normalized spacial score (nSPS) is 16.2. The minimum absolute atomic E-state index is 0.0816.